The van der Waals surface area contributed by atoms with Crippen molar-refractivity contribution in [2.45, 2.75) is 26.9 Å². The molecule has 0 aliphatic carbocycles. The Labute approximate surface area is 338 Å². The molecular weight excluding hydrogens is 786 g/mol. The normalized spacial score (nSPS) is 14.3. The van der Waals surface area contributed by atoms with E-state index in [0.29, 0.717) is 40.1 Å². The van der Waals surface area contributed by atoms with Crippen molar-refractivity contribution in [3.8, 4) is 0 Å². The zero-order valence-corrected chi connectivity index (χ0v) is 33.3. The van der Waals surface area contributed by atoms with Crippen LogP contribution in [-0.4, -0.2) is 104 Å². The van der Waals surface area contributed by atoms with E-state index in [9.17, 15) is 9.59 Å². The number of aryl methyl sites for hydroxylation is 2. The second-order valence-electron chi connectivity index (χ2n) is 13.0. The van der Waals surface area contributed by atoms with Gasteiger partial charge in [-0.15, -0.1) is 0 Å². The summed E-state index contributed by atoms with van der Waals surface area (Å²) in [6, 6.07) is 19.4. The van der Waals surface area contributed by atoms with Gasteiger partial charge in [0.1, 0.15) is 23.4 Å². The highest BCUT2D eigenvalue weighted by molar-refractivity contribution is 6.34. The van der Waals surface area contributed by atoms with E-state index in [2.05, 4.69) is 53.5 Å². The van der Waals surface area contributed by atoms with Crippen molar-refractivity contribution in [3.05, 3.63) is 105 Å². The fraction of sp³-hybridized carbons (Fsp3) is 0.316. The maximum absolute atomic E-state index is 12.7. The van der Waals surface area contributed by atoms with Gasteiger partial charge >= 0.3 is 5.97 Å². The maximum atomic E-state index is 12.7. The summed E-state index contributed by atoms with van der Waals surface area (Å²) in [5, 5.41) is 24.0. The van der Waals surface area contributed by atoms with E-state index in [1.54, 1.807) is 30.6 Å². The number of benzene rings is 2. The number of hydrogen-bond donors (Lipinski definition) is 2. The summed E-state index contributed by atoms with van der Waals surface area (Å²) in [7, 11) is 0. The first kappa shape index (κ1) is 40.0. The zero-order valence-electron chi connectivity index (χ0n) is 30.3. The summed E-state index contributed by atoms with van der Waals surface area (Å²) in [5.74, 6) is -0.976. The molecule has 0 unspecified atom stereocenters. The van der Waals surface area contributed by atoms with Crippen LogP contribution >= 0.6 is 46.4 Å². The Kier molecular flexibility index (Phi) is 13.3. The Balaban J connectivity index is 0.000000155. The van der Waals surface area contributed by atoms with Gasteiger partial charge in [0.2, 0.25) is 5.91 Å². The molecule has 1 amide bonds. The number of rotatable bonds is 6. The Bertz CT molecular complexity index is 2280. The molecule has 0 atom stereocenters. The standard InChI is InChI=1S/C19H19Cl2N5O.C11H15ClN2.C8H6ClN3O2/c1-13-11-14(4-5-16(13)20)24-7-9-25(10-8-24)17(27)12-26-18(21)15-3-2-6-22-19(15)23-26;1-9-8-10(2-3-11(9)12)14-6-4-13-5-7-14;9-7-5-2-1-3-10-8(5)11-12(7)4-6(13)14/h2-6,11H,7-10,12H2,1H3;2-3,8,13H,4-7H2,1H3;1-3H,4H2,(H,13,14). The van der Waals surface area contributed by atoms with Crippen molar-refractivity contribution in [2.24, 2.45) is 0 Å². The number of aromatic nitrogens is 6. The molecule has 0 bridgehead atoms. The Morgan fingerprint density at radius 1 is 0.673 bits per heavy atom. The van der Waals surface area contributed by atoms with Crippen LogP contribution in [0.5, 0.6) is 0 Å². The predicted molar refractivity (Wildman–Crippen MR) is 219 cm³/mol. The van der Waals surface area contributed by atoms with Crippen molar-refractivity contribution in [1.82, 2.24) is 39.7 Å². The number of piperazine rings is 2. The average molecular weight is 827 g/mol. The van der Waals surface area contributed by atoms with Crippen LogP contribution in [0.15, 0.2) is 73.1 Å². The molecule has 0 saturated carbocycles. The Morgan fingerprint density at radius 2 is 1.15 bits per heavy atom. The minimum atomic E-state index is -0.986. The summed E-state index contributed by atoms with van der Waals surface area (Å²) < 4.78 is 2.73. The lowest BCUT2D eigenvalue weighted by molar-refractivity contribution is -0.138. The lowest BCUT2D eigenvalue weighted by Crippen LogP contribution is -2.49. The van der Waals surface area contributed by atoms with E-state index < -0.39 is 5.97 Å². The monoisotopic (exact) mass is 824 g/mol. The van der Waals surface area contributed by atoms with Crippen LogP contribution in [0.3, 0.4) is 0 Å². The van der Waals surface area contributed by atoms with Gasteiger partial charge in [-0.1, -0.05) is 46.4 Å². The zero-order chi connectivity index (χ0) is 39.1. The first-order valence-electron chi connectivity index (χ1n) is 17.6. The van der Waals surface area contributed by atoms with Crippen LogP contribution in [0.4, 0.5) is 11.4 Å². The fourth-order valence-electron chi connectivity index (χ4n) is 6.22. The van der Waals surface area contributed by atoms with E-state index in [4.69, 9.17) is 51.5 Å². The number of nitrogens with zero attached hydrogens (tertiary/aromatic N) is 9. The molecule has 2 saturated heterocycles. The van der Waals surface area contributed by atoms with Crippen molar-refractivity contribution < 1.29 is 14.7 Å². The highest BCUT2D eigenvalue weighted by atomic mass is 35.5. The van der Waals surface area contributed by atoms with E-state index in [-0.39, 0.29) is 19.0 Å². The molecule has 6 aromatic rings. The number of hydrogen-bond acceptors (Lipinski definition) is 9. The summed E-state index contributed by atoms with van der Waals surface area (Å²) >= 11 is 24.3. The molecule has 13 nitrogen and oxygen atoms in total. The molecule has 17 heteroatoms. The number of carboxylic acid groups (broad SMARTS) is 1. The SMILES string of the molecule is Cc1cc(N2CCN(C(=O)Cn3nc4ncccc4c3Cl)CC2)ccc1Cl.Cc1cc(N2CCNCC2)ccc1Cl.O=C(O)Cn1nc2ncccc2c1Cl. The number of aliphatic carboxylic acids is 1. The van der Waals surface area contributed by atoms with Crippen LogP contribution in [0.2, 0.25) is 20.4 Å². The van der Waals surface area contributed by atoms with Crippen LogP contribution in [0.25, 0.3) is 22.1 Å². The molecule has 0 radical (unpaired) electrons. The second-order valence-corrected chi connectivity index (χ2v) is 14.5. The Morgan fingerprint density at radius 3 is 1.60 bits per heavy atom. The molecular formula is C38H40Cl4N10O3. The van der Waals surface area contributed by atoms with Crippen molar-refractivity contribution in [3.63, 3.8) is 0 Å². The highest BCUT2D eigenvalue weighted by Crippen LogP contribution is 2.26. The molecule has 4 aromatic heterocycles. The van der Waals surface area contributed by atoms with Crippen LogP contribution < -0.4 is 15.1 Å². The summed E-state index contributed by atoms with van der Waals surface area (Å²) in [6.45, 7) is 11.1. The third-order valence-corrected chi connectivity index (χ3v) is 10.9. The maximum Gasteiger partial charge on any atom is 0.325 e. The average Bonchev–Trinajstić information content (AvgIpc) is 3.68. The quantitative estimate of drug-likeness (QED) is 0.189. The molecule has 8 rings (SSSR count). The number of amides is 1. The lowest BCUT2D eigenvalue weighted by Gasteiger charge is -2.36. The van der Waals surface area contributed by atoms with Crippen LogP contribution in [-0.2, 0) is 22.7 Å². The number of fused-ring (bicyclic) bond motifs is 2. The van der Waals surface area contributed by atoms with Gasteiger partial charge in [0, 0.05) is 86.2 Å². The molecule has 288 valence electrons. The van der Waals surface area contributed by atoms with Crippen molar-refractivity contribution in [1.29, 1.82) is 0 Å². The lowest BCUT2D eigenvalue weighted by atomic mass is 10.2. The molecule has 2 aliphatic heterocycles. The minimum Gasteiger partial charge on any atom is -0.480 e. The van der Waals surface area contributed by atoms with Gasteiger partial charge in [0.25, 0.3) is 0 Å². The smallest absolute Gasteiger partial charge is 0.325 e. The molecule has 2 aliphatic rings. The summed E-state index contributed by atoms with van der Waals surface area (Å²) in [5.41, 5.74) is 5.64. The van der Waals surface area contributed by atoms with E-state index in [0.717, 1.165) is 71.5 Å². The third-order valence-electron chi connectivity index (χ3n) is 9.23. The second kappa shape index (κ2) is 18.3. The molecule has 0 spiro atoms. The largest absolute Gasteiger partial charge is 0.480 e. The van der Waals surface area contributed by atoms with E-state index in [1.165, 1.54) is 15.1 Å². The fourth-order valence-corrected chi connectivity index (χ4v) is 6.95. The van der Waals surface area contributed by atoms with Gasteiger partial charge in [-0.2, -0.15) is 10.2 Å². The molecule has 55 heavy (non-hydrogen) atoms. The summed E-state index contributed by atoms with van der Waals surface area (Å²) in [4.78, 5) is 37.8. The van der Waals surface area contributed by atoms with Gasteiger partial charge in [-0.3, -0.25) is 9.59 Å². The van der Waals surface area contributed by atoms with Gasteiger partial charge in [-0.25, -0.2) is 19.3 Å². The predicted octanol–water partition coefficient (Wildman–Crippen LogP) is 6.62. The number of pyridine rings is 2. The van der Waals surface area contributed by atoms with Gasteiger partial charge < -0.3 is 25.1 Å². The number of nitrogens with one attached hydrogen (secondary N) is 1. The van der Waals surface area contributed by atoms with Crippen molar-refractivity contribution in [2.75, 3.05) is 62.2 Å². The number of carboxylic acids is 1. The number of halogens is 4. The minimum absolute atomic E-state index is 0.0108. The highest BCUT2D eigenvalue weighted by Gasteiger charge is 2.23. The van der Waals surface area contributed by atoms with Crippen LogP contribution in [0.1, 0.15) is 11.1 Å². The van der Waals surface area contributed by atoms with E-state index in [1.807, 2.05) is 43.0 Å². The number of carbonyl (C=O) groups excluding carboxylic acids is 1. The third kappa shape index (κ3) is 9.96. The summed E-state index contributed by atoms with van der Waals surface area (Å²) in [6.07, 6.45) is 3.24. The van der Waals surface area contributed by atoms with Crippen LogP contribution in [0, 0.1) is 13.8 Å². The van der Waals surface area contributed by atoms with E-state index >= 15 is 0 Å². The molecule has 2 aromatic carbocycles. The Hall–Kier alpha value is -4.66. The number of anilines is 2. The molecule has 2 N–H and O–H groups in total. The van der Waals surface area contributed by atoms with Gasteiger partial charge in [-0.05, 0) is 85.6 Å². The molecule has 6 heterocycles. The number of carbonyl (C=O) groups is 2. The first-order chi connectivity index (χ1) is 26.5. The topological polar surface area (TPSA) is 138 Å². The van der Waals surface area contributed by atoms with Gasteiger partial charge in [0.15, 0.2) is 11.3 Å². The van der Waals surface area contributed by atoms with Crippen molar-refractivity contribution >= 4 is 91.7 Å². The molecule has 2 fully saturated rings. The van der Waals surface area contributed by atoms with Gasteiger partial charge in [0.05, 0.1) is 10.8 Å². The first-order valence-corrected chi connectivity index (χ1v) is 19.2.